The van der Waals surface area contributed by atoms with Crippen molar-refractivity contribution in [3.8, 4) is 0 Å². The first-order valence-corrected chi connectivity index (χ1v) is 5.94. The fourth-order valence-corrected chi connectivity index (χ4v) is 1.70. The standard InChI is InChI=1S/C13H13N3OS/c1-8(12(14)18)16-13(17)11-10-5-3-2-4-9(10)6-7-15-11/h2-8H,1H3,(H2,14,18)(H,16,17). The smallest absolute Gasteiger partial charge is 0.271 e. The monoisotopic (exact) mass is 259 g/mol. The number of hydrogen-bond donors (Lipinski definition) is 2. The molecule has 1 aromatic heterocycles. The Morgan fingerprint density at radius 2 is 2.11 bits per heavy atom. The van der Waals surface area contributed by atoms with Crippen molar-refractivity contribution in [3.63, 3.8) is 0 Å². The van der Waals surface area contributed by atoms with Gasteiger partial charge >= 0.3 is 0 Å². The van der Waals surface area contributed by atoms with Crippen LogP contribution in [0.1, 0.15) is 17.4 Å². The number of hydrogen-bond acceptors (Lipinski definition) is 3. The van der Waals surface area contributed by atoms with Gasteiger partial charge in [0.05, 0.1) is 11.0 Å². The number of thiocarbonyl (C=S) groups is 1. The summed E-state index contributed by atoms with van der Waals surface area (Å²) < 4.78 is 0. The van der Waals surface area contributed by atoms with Gasteiger partial charge in [-0.1, -0.05) is 36.5 Å². The zero-order valence-electron chi connectivity index (χ0n) is 9.88. The third kappa shape index (κ3) is 2.46. The molecular formula is C13H13N3OS. The van der Waals surface area contributed by atoms with Crippen LogP contribution < -0.4 is 11.1 Å². The van der Waals surface area contributed by atoms with E-state index in [0.29, 0.717) is 5.69 Å². The molecule has 1 amide bonds. The number of nitrogens with two attached hydrogens (primary N) is 1. The lowest BCUT2D eigenvalue weighted by molar-refractivity contribution is 0.0946. The maximum absolute atomic E-state index is 12.1. The number of aromatic nitrogens is 1. The molecule has 0 aliphatic rings. The Bertz CT molecular complexity index is 607. The summed E-state index contributed by atoms with van der Waals surface area (Å²) in [4.78, 5) is 16.5. The summed E-state index contributed by atoms with van der Waals surface area (Å²) in [5, 5.41) is 4.51. The number of carbonyl (C=O) groups excluding carboxylic acids is 1. The van der Waals surface area contributed by atoms with E-state index in [-0.39, 0.29) is 16.9 Å². The van der Waals surface area contributed by atoms with E-state index in [4.69, 9.17) is 18.0 Å². The highest BCUT2D eigenvalue weighted by atomic mass is 32.1. The number of benzene rings is 1. The minimum absolute atomic E-state index is 0.253. The van der Waals surface area contributed by atoms with Crippen molar-refractivity contribution in [3.05, 3.63) is 42.2 Å². The summed E-state index contributed by atoms with van der Waals surface area (Å²) in [5.74, 6) is -0.271. The Balaban J connectivity index is 2.36. The number of amides is 1. The molecule has 1 atom stereocenters. The van der Waals surface area contributed by atoms with Crippen LogP contribution in [0.25, 0.3) is 10.8 Å². The summed E-state index contributed by atoms with van der Waals surface area (Å²) in [7, 11) is 0. The van der Waals surface area contributed by atoms with Crippen LogP contribution in [0.4, 0.5) is 0 Å². The largest absolute Gasteiger partial charge is 0.392 e. The predicted molar refractivity (Wildman–Crippen MR) is 75.5 cm³/mol. The molecule has 0 aliphatic heterocycles. The molecule has 0 bridgehead atoms. The quantitative estimate of drug-likeness (QED) is 0.822. The molecule has 1 aromatic carbocycles. The zero-order chi connectivity index (χ0) is 13.1. The van der Waals surface area contributed by atoms with Crippen molar-refractivity contribution >= 4 is 33.9 Å². The molecule has 0 saturated carbocycles. The second kappa shape index (κ2) is 5.10. The third-order valence-corrected chi connectivity index (χ3v) is 3.02. The molecular weight excluding hydrogens is 246 g/mol. The van der Waals surface area contributed by atoms with Gasteiger partial charge in [-0.25, -0.2) is 0 Å². The van der Waals surface area contributed by atoms with Gasteiger partial charge in [-0.15, -0.1) is 0 Å². The van der Waals surface area contributed by atoms with Crippen LogP contribution in [-0.4, -0.2) is 21.9 Å². The first-order chi connectivity index (χ1) is 8.59. The number of fused-ring (bicyclic) bond motifs is 1. The van der Waals surface area contributed by atoms with Crippen LogP contribution >= 0.6 is 12.2 Å². The highest BCUT2D eigenvalue weighted by Gasteiger charge is 2.14. The summed E-state index contributed by atoms with van der Waals surface area (Å²) in [6, 6.07) is 9.10. The zero-order valence-corrected chi connectivity index (χ0v) is 10.7. The van der Waals surface area contributed by atoms with Crippen molar-refractivity contribution in [2.45, 2.75) is 13.0 Å². The van der Waals surface area contributed by atoms with Crippen molar-refractivity contribution in [1.82, 2.24) is 10.3 Å². The lowest BCUT2D eigenvalue weighted by Crippen LogP contribution is -2.41. The first-order valence-electron chi connectivity index (χ1n) is 5.53. The number of rotatable bonds is 3. The molecule has 4 nitrogen and oxygen atoms in total. The normalized spacial score (nSPS) is 12.1. The fraction of sp³-hybridized carbons (Fsp3) is 0.154. The van der Waals surface area contributed by atoms with Crippen LogP contribution in [0.3, 0.4) is 0 Å². The minimum atomic E-state index is -0.353. The van der Waals surface area contributed by atoms with E-state index in [1.165, 1.54) is 0 Å². The van der Waals surface area contributed by atoms with Gasteiger partial charge in [0.15, 0.2) is 0 Å². The maximum Gasteiger partial charge on any atom is 0.271 e. The van der Waals surface area contributed by atoms with E-state index in [1.54, 1.807) is 13.1 Å². The van der Waals surface area contributed by atoms with E-state index in [1.807, 2.05) is 30.3 Å². The van der Waals surface area contributed by atoms with E-state index in [2.05, 4.69) is 10.3 Å². The number of nitrogens with one attached hydrogen (secondary N) is 1. The molecule has 0 spiro atoms. The van der Waals surface area contributed by atoms with Gasteiger partial charge in [-0.2, -0.15) is 0 Å². The first kappa shape index (κ1) is 12.4. The Morgan fingerprint density at radius 3 is 2.83 bits per heavy atom. The second-order valence-electron chi connectivity index (χ2n) is 3.98. The minimum Gasteiger partial charge on any atom is -0.392 e. The number of nitrogens with zero attached hydrogens (tertiary/aromatic N) is 1. The molecule has 3 N–H and O–H groups in total. The summed E-state index contributed by atoms with van der Waals surface area (Å²) >= 11 is 4.83. The van der Waals surface area contributed by atoms with Crippen molar-refractivity contribution < 1.29 is 4.79 Å². The molecule has 2 aromatic rings. The van der Waals surface area contributed by atoms with Crippen LogP contribution in [0.2, 0.25) is 0 Å². The molecule has 2 rings (SSSR count). The Labute approximate surface area is 110 Å². The van der Waals surface area contributed by atoms with E-state index < -0.39 is 0 Å². The lowest BCUT2D eigenvalue weighted by atomic mass is 10.1. The van der Waals surface area contributed by atoms with Crippen molar-refractivity contribution in [1.29, 1.82) is 0 Å². The molecule has 0 fully saturated rings. The third-order valence-electron chi connectivity index (χ3n) is 2.66. The summed E-state index contributed by atoms with van der Waals surface area (Å²) in [5.41, 5.74) is 5.86. The Hall–Kier alpha value is -2.01. The summed E-state index contributed by atoms with van der Waals surface area (Å²) in [6.07, 6.45) is 1.61. The van der Waals surface area contributed by atoms with Crippen LogP contribution in [-0.2, 0) is 0 Å². The summed E-state index contributed by atoms with van der Waals surface area (Å²) in [6.45, 7) is 1.74. The molecule has 0 aliphatic carbocycles. The van der Waals surface area contributed by atoms with Gasteiger partial charge < -0.3 is 11.1 Å². The second-order valence-corrected chi connectivity index (χ2v) is 4.45. The van der Waals surface area contributed by atoms with Crippen molar-refractivity contribution in [2.75, 3.05) is 0 Å². The molecule has 1 unspecified atom stereocenters. The van der Waals surface area contributed by atoms with Gasteiger partial charge in [0, 0.05) is 11.6 Å². The van der Waals surface area contributed by atoms with Gasteiger partial charge in [0.25, 0.3) is 5.91 Å². The van der Waals surface area contributed by atoms with Gasteiger partial charge in [0.2, 0.25) is 0 Å². The average molecular weight is 259 g/mol. The highest BCUT2D eigenvalue weighted by molar-refractivity contribution is 7.80. The molecule has 92 valence electrons. The van der Waals surface area contributed by atoms with Gasteiger partial charge in [-0.3, -0.25) is 9.78 Å². The molecule has 0 saturated heterocycles. The average Bonchev–Trinajstić information content (AvgIpc) is 2.37. The van der Waals surface area contributed by atoms with E-state index >= 15 is 0 Å². The molecule has 5 heteroatoms. The SMILES string of the molecule is CC(NC(=O)c1nccc2ccccc12)C(N)=S. The maximum atomic E-state index is 12.1. The lowest BCUT2D eigenvalue weighted by Gasteiger charge is -2.12. The number of carbonyl (C=O) groups is 1. The number of pyridine rings is 1. The topological polar surface area (TPSA) is 68.0 Å². The fourth-order valence-electron chi connectivity index (χ4n) is 1.64. The molecule has 1 heterocycles. The Kier molecular flexibility index (Phi) is 3.53. The van der Waals surface area contributed by atoms with Gasteiger partial charge in [-0.05, 0) is 18.4 Å². The van der Waals surface area contributed by atoms with Crippen LogP contribution in [0, 0.1) is 0 Å². The van der Waals surface area contributed by atoms with E-state index in [9.17, 15) is 4.79 Å². The van der Waals surface area contributed by atoms with E-state index in [0.717, 1.165) is 10.8 Å². The Morgan fingerprint density at radius 1 is 1.39 bits per heavy atom. The van der Waals surface area contributed by atoms with Gasteiger partial charge in [0.1, 0.15) is 5.69 Å². The highest BCUT2D eigenvalue weighted by Crippen LogP contribution is 2.16. The molecule has 18 heavy (non-hydrogen) atoms. The van der Waals surface area contributed by atoms with Crippen LogP contribution in [0.15, 0.2) is 36.5 Å². The van der Waals surface area contributed by atoms with Crippen LogP contribution in [0.5, 0.6) is 0 Å². The predicted octanol–water partition coefficient (Wildman–Crippen LogP) is 1.64. The molecule has 0 radical (unpaired) electrons. The van der Waals surface area contributed by atoms with Crippen molar-refractivity contribution in [2.24, 2.45) is 5.73 Å².